The third-order valence-corrected chi connectivity index (χ3v) is 1.53. The number of hydrogen-bond acceptors (Lipinski definition) is 3. The second-order valence-corrected chi connectivity index (χ2v) is 2.73. The second kappa shape index (κ2) is 2.64. The summed E-state index contributed by atoms with van der Waals surface area (Å²) < 4.78 is 0.634. The van der Waals surface area contributed by atoms with Gasteiger partial charge in [0.15, 0.2) is 6.17 Å². The SMILES string of the molecule is NC1N=CC(Br)=NC1=S. The fourth-order valence-electron chi connectivity index (χ4n) is 0.406. The molecule has 1 aliphatic heterocycles. The molecular weight excluding hydrogens is 202 g/mol. The molecule has 3 nitrogen and oxygen atoms in total. The summed E-state index contributed by atoms with van der Waals surface area (Å²) in [5, 5.41) is 0. The summed E-state index contributed by atoms with van der Waals surface area (Å²) in [6.45, 7) is 0. The lowest BCUT2D eigenvalue weighted by molar-refractivity contribution is 0.931. The largest absolute Gasteiger partial charge is 0.304 e. The third-order valence-electron chi connectivity index (χ3n) is 0.812. The van der Waals surface area contributed by atoms with Crippen LogP contribution in [-0.2, 0) is 0 Å². The van der Waals surface area contributed by atoms with Crippen LogP contribution >= 0.6 is 28.1 Å². The van der Waals surface area contributed by atoms with E-state index in [-0.39, 0.29) is 0 Å². The highest BCUT2D eigenvalue weighted by molar-refractivity contribution is 9.19. The number of rotatable bonds is 0. The normalized spacial score (nSPS) is 26.2. The number of hydrogen-bond donors (Lipinski definition) is 1. The zero-order chi connectivity index (χ0) is 6.85. The van der Waals surface area contributed by atoms with Crippen LogP contribution in [0.15, 0.2) is 9.98 Å². The zero-order valence-electron chi connectivity index (χ0n) is 4.41. The molecule has 1 atom stereocenters. The molecule has 0 amide bonds. The number of nitrogens with zero attached hydrogens (tertiary/aromatic N) is 2. The summed E-state index contributed by atoms with van der Waals surface area (Å²) in [6, 6.07) is 0. The molecule has 0 radical (unpaired) electrons. The zero-order valence-corrected chi connectivity index (χ0v) is 6.82. The lowest BCUT2D eigenvalue weighted by atomic mass is 10.5. The molecule has 0 bridgehead atoms. The Balaban J connectivity index is 2.82. The summed E-state index contributed by atoms with van der Waals surface area (Å²) in [7, 11) is 0. The van der Waals surface area contributed by atoms with Gasteiger partial charge < -0.3 is 5.73 Å². The van der Waals surface area contributed by atoms with E-state index in [1.54, 1.807) is 6.21 Å². The number of thiocarbonyl (C=S) groups is 1. The molecule has 0 aromatic rings. The van der Waals surface area contributed by atoms with Gasteiger partial charge in [0.25, 0.3) is 0 Å². The third kappa shape index (κ3) is 1.64. The van der Waals surface area contributed by atoms with Gasteiger partial charge in [-0.2, -0.15) is 0 Å². The Morgan fingerprint density at radius 2 is 2.44 bits per heavy atom. The molecule has 2 N–H and O–H groups in total. The minimum atomic E-state index is -0.429. The van der Waals surface area contributed by atoms with E-state index in [1.165, 1.54) is 0 Å². The van der Waals surface area contributed by atoms with Gasteiger partial charge in [0.1, 0.15) is 9.61 Å². The van der Waals surface area contributed by atoms with E-state index >= 15 is 0 Å². The number of halogens is 1. The van der Waals surface area contributed by atoms with E-state index < -0.39 is 6.17 Å². The Labute approximate surface area is 66.2 Å². The quantitative estimate of drug-likeness (QED) is 0.586. The van der Waals surface area contributed by atoms with Crippen molar-refractivity contribution in [1.82, 2.24) is 0 Å². The first-order chi connectivity index (χ1) is 4.20. The van der Waals surface area contributed by atoms with E-state index in [9.17, 15) is 0 Å². The lowest BCUT2D eigenvalue weighted by Crippen LogP contribution is -2.29. The van der Waals surface area contributed by atoms with Crippen LogP contribution in [0.4, 0.5) is 0 Å². The summed E-state index contributed by atoms with van der Waals surface area (Å²) in [4.78, 5) is 8.10. The molecule has 48 valence electrons. The average Bonchev–Trinajstić information content (AvgIpc) is 1.80. The molecular formula is C4H4BrN3S. The number of nitrogens with two attached hydrogens (primary N) is 1. The first-order valence-corrected chi connectivity index (χ1v) is 3.47. The lowest BCUT2D eigenvalue weighted by Gasteiger charge is -2.06. The predicted octanol–water partition coefficient (Wildman–Crippen LogP) is 0.476. The molecule has 0 aromatic carbocycles. The Kier molecular flexibility index (Phi) is 2.05. The molecule has 0 aromatic heterocycles. The summed E-state index contributed by atoms with van der Waals surface area (Å²) in [6.07, 6.45) is 1.11. The highest BCUT2D eigenvalue weighted by atomic mass is 79.9. The van der Waals surface area contributed by atoms with Crippen molar-refractivity contribution in [1.29, 1.82) is 0 Å². The molecule has 0 fully saturated rings. The Morgan fingerprint density at radius 3 is 2.89 bits per heavy atom. The van der Waals surface area contributed by atoms with E-state index in [4.69, 9.17) is 18.0 Å². The van der Waals surface area contributed by atoms with Crippen LogP contribution in [0.1, 0.15) is 0 Å². The van der Waals surface area contributed by atoms with Gasteiger partial charge in [-0.1, -0.05) is 12.2 Å². The number of aliphatic imine (C=N–C) groups is 2. The maximum atomic E-state index is 5.37. The molecule has 0 saturated heterocycles. The van der Waals surface area contributed by atoms with Gasteiger partial charge in [-0.05, 0) is 15.9 Å². The van der Waals surface area contributed by atoms with Crippen molar-refractivity contribution in [3.8, 4) is 0 Å². The molecule has 0 saturated carbocycles. The standard InChI is InChI=1S/C4H4BrN3S/c5-2-1-7-3(6)4(9)8-2/h1,3H,6H2. The minimum absolute atomic E-state index is 0.421. The fraction of sp³-hybridized carbons (Fsp3) is 0.250. The van der Waals surface area contributed by atoms with Gasteiger partial charge in [-0.25, -0.2) is 4.99 Å². The molecule has 1 heterocycles. The van der Waals surface area contributed by atoms with E-state index in [0.717, 1.165) is 0 Å². The maximum absolute atomic E-state index is 5.37. The monoisotopic (exact) mass is 205 g/mol. The van der Waals surface area contributed by atoms with Gasteiger partial charge in [0.2, 0.25) is 0 Å². The van der Waals surface area contributed by atoms with Crippen molar-refractivity contribution in [3.05, 3.63) is 0 Å². The topological polar surface area (TPSA) is 50.7 Å². The fourth-order valence-corrected chi connectivity index (χ4v) is 0.992. The second-order valence-electron chi connectivity index (χ2n) is 1.50. The first kappa shape index (κ1) is 6.98. The first-order valence-electron chi connectivity index (χ1n) is 2.27. The van der Waals surface area contributed by atoms with Crippen LogP contribution in [0, 0.1) is 0 Å². The molecule has 1 rings (SSSR count). The van der Waals surface area contributed by atoms with Crippen molar-refractivity contribution in [2.75, 3.05) is 0 Å². The van der Waals surface area contributed by atoms with Crippen molar-refractivity contribution in [2.24, 2.45) is 15.7 Å². The van der Waals surface area contributed by atoms with Crippen molar-refractivity contribution < 1.29 is 0 Å². The van der Waals surface area contributed by atoms with Gasteiger partial charge >= 0.3 is 0 Å². The van der Waals surface area contributed by atoms with Crippen LogP contribution in [0.2, 0.25) is 0 Å². The van der Waals surface area contributed by atoms with E-state index in [1.807, 2.05) is 0 Å². The van der Waals surface area contributed by atoms with E-state index in [0.29, 0.717) is 9.61 Å². The van der Waals surface area contributed by atoms with Crippen LogP contribution in [-0.4, -0.2) is 22.0 Å². The molecule has 5 heteroatoms. The van der Waals surface area contributed by atoms with Gasteiger partial charge in [-0.15, -0.1) is 0 Å². The highest BCUT2D eigenvalue weighted by Crippen LogP contribution is 1.99. The minimum Gasteiger partial charge on any atom is -0.304 e. The van der Waals surface area contributed by atoms with Crippen LogP contribution in [0.3, 0.4) is 0 Å². The molecule has 0 aliphatic carbocycles. The Morgan fingerprint density at radius 1 is 1.78 bits per heavy atom. The molecule has 0 spiro atoms. The molecule has 1 aliphatic rings. The van der Waals surface area contributed by atoms with Crippen LogP contribution in [0.5, 0.6) is 0 Å². The average molecular weight is 206 g/mol. The van der Waals surface area contributed by atoms with Crippen LogP contribution < -0.4 is 5.73 Å². The van der Waals surface area contributed by atoms with Gasteiger partial charge in [-0.3, -0.25) is 4.99 Å². The Hall–Kier alpha value is -0.130. The summed E-state index contributed by atoms with van der Waals surface area (Å²) in [5.41, 5.74) is 5.37. The van der Waals surface area contributed by atoms with Crippen molar-refractivity contribution >= 4 is 44.0 Å². The van der Waals surface area contributed by atoms with Gasteiger partial charge in [0, 0.05) is 0 Å². The Bertz CT molecular complexity index is 198. The molecule has 1 unspecified atom stereocenters. The van der Waals surface area contributed by atoms with E-state index in [2.05, 4.69) is 25.9 Å². The van der Waals surface area contributed by atoms with Gasteiger partial charge in [0.05, 0.1) is 6.21 Å². The maximum Gasteiger partial charge on any atom is 0.150 e. The summed E-state index contributed by atoms with van der Waals surface area (Å²) >= 11 is 7.86. The summed E-state index contributed by atoms with van der Waals surface area (Å²) in [5.74, 6) is 0. The van der Waals surface area contributed by atoms with Crippen molar-refractivity contribution in [3.63, 3.8) is 0 Å². The van der Waals surface area contributed by atoms with Crippen molar-refractivity contribution in [2.45, 2.75) is 6.17 Å². The van der Waals surface area contributed by atoms with Crippen LogP contribution in [0.25, 0.3) is 0 Å². The highest BCUT2D eigenvalue weighted by Gasteiger charge is 2.09. The smallest absolute Gasteiger partial charge is 0.150 e. The molecule has 9 heavy (non-hydrogen) atoms. The predicted molar refractivity (Wildman–Crippen MR) is 45.4 cm³/mol.